The van der Waals surface area contributed by atoms with Gasteiger partial charge in [0.1, 0.15) is 5.82 Å². The lowest BCUT2D eigenvalue weighted by Gasteiger charge is -2.12. The summed E-state index contributed by atoms with van der Waals surface area (Å²) in [5.74, 6) is 1.22. The molecule has 2 rings (SSSR count). The van der Waals surface area contributed by atoms with E-state index in [1.165, 1.54) is 4.52 Å². The molecular weight excluding hydrogens is 230 g/mol. The molecule has 0 aliphatic carbocycles. The van der Waals surface area contributed by atoms with Crippen molar-refractivity contribution < 1.29 is 0 Å². The molecular formula is C9H12ClN5O. The third kappa shape index (κ3) is 2.16. The Labute approximate surface area is 96.6 Å². The van der Waals surface area contributed by atoms with Crippen molar-refractivity contribution >= 4 is 23.1 Å². The highest BCUT2D eigenvalue weighted by molar-refractivity contribution is 6.17. The van der Waals surface area contributed by atoms with Crippen LogP contribution in [0.2, 0.25) is 0 Å². The summed E-state index contributed by atoms with van der Waals surface area (Å²) in [6, 6.07) is 3.71. The van der Waals surface area contributed by atoms with Gasteiger partial charge in [0.2, 0.25) is 0 Å². The van der Waals surface area contributed by atoms with Crippen molar-refractivity contribution in [2.75, 3.05) is 11.2 Å². The molecule has 0 fully saturated rings. The number of aromatic nitrogens is 4. The summed E-state index contributed by atoms with van der Waals surface area (Å²) >= 11 is 5.63. The third-order valence-electron chi connectivity index (χ3n) is 2.21. The molecule has 2 N–H and O–H groups in total. The molecule has 2 heterocycles. The molecule has 1 atom stereocenters. The van der Waals surface area contributed by atoms with E-state index in [0.717, 1.165) is 6.42 Å². The standard InChI is InChI=1S/C9H12ClN5O/c1-6(4-5-10)11-7-2-3-8-12-13-9(16)15(8)14-7/h2-3,6H,4-5H2,1H3,(H,11,14)(H,13,16). The molecule has 7 heteroatoms. The van der Waals surface area contributed by atoms with Gasteiger partial charge in [0.15, 0.2) is 5.65 Å². The molecule has 2 aromatic rings. The number of hydrogen-bond acceptors (Lipinski definition) is 4. The second-order valence-corrected chi connectivity index (χ2v) is 3.92. The number of fused-ring (bicyclic) bond motifs is 1. The smallest absolute Gasteiger partial charge is 0.364 e. The van der Waals surface area contributed by atoms with Crippen LogP contribution in [0.4, 0.5) is 5.82 Å². The number of hydrogen-bond donors (Lipinski definition) is 2. The lowest BCUT2D eigenvalue weighted by atomic mass is 10.2. The van der Waals surface area contributed by atoms with Gasteiger partial charge in [-0.05, 0) is 25.5 Å². The van der Waals surface area contributed by atoms with Gasteiger partial charge in [-0.25, -0.2) is 9.89 Å². The van der Waals surface area contributed by atoms with Gasteiger partial charge in [0.05, 0.1) is 0 Å². The summed E-state index contributed by atoms with van der Waals surface area (Å²) in [6.07, 6.45) is 0.835. The zero-order valence-corrected chi connectivity index (χ0v) is 9.53. The molecule has 16 heavy (non-hydrogen) atoms. The highest BCUT2D eigenvalue weighted by atomic mass is 35.5. The van der Waals surface area contributed by atoms with Crippen LogP contribution in [0.1, 0.15) is 13.3 Å². The number of nitrogens with zero attached hydrogens (tertiary/aromatic N) is 3. The molecule has 0 aliphatic rings. The van der Waals surface area contributed by atoms with Gasteiger partial charge in [-0.3, -0.25) is 0 Å². The first-order valence-electron chi connectivity index (χ1n) is 4.97. The monoisotopic (exact) mass is 241 g/mol. The summed E-state index contributed by atoms with van der Waals surface area (Å²) in [7, 11) is 0. The normalized spacial score (nSPS) is 12.9. The maximum absolute atomic E-state index is 11.3. The Hall–Kier alpha value is -1.56. The Balaban J connectivity index is 2.25. The van der Waals surface area contributed by atoms with E-state index in [9.17, 15) is 4.79 Å². The predicted octanol–water partition coefficient (Wildman–Crippen LogP) is 0.847. The van der Waals surface area contributed by atoms with E-state index >= 15 is 0 Å². The fourth-order valence-corrected chi connectivity index (χ4v) is 1.70. The molecule has 1 unspecified atom stereocenters. The molecule has 0 aromatic carbocycles. The van der Waals surface area contributed by atoms with Gasteiger partial charge in [-0.1, -0.05) is 0 Å². The summed E-state index contributed by atoms with van der Waals surface area (Å²) in [5.41, 5.74) is 0.157. The van der Waals surface area contributed by atoms with E-state index in [2.05, 4.69) is 20.6 Å². The van der Waals surface area contributed by atoms with E-state index in [1.807, 2.05) is 6.92 Å². The highest BCUT2D eigenvalue weighted by Crippen LogP contribution is 2.06. The average molecular weight is 242 g/mol. The molecule has 0 radical (unpaired) electrons. The summed E-state index contributed by atoms with van der Waals surface area (Å²) in [5, 5.41) is 13.4. The lowest BCUT2D eigenvalue weighted by Crippen LogP contribution is -2.19. The van der Waals surface area contributed by atoms with E-state index in [-0.39, 0.29) is 11.7 Å². The maximum atomic E-state index is 11.3. The molecule has 0 saturated carbocycles. The summed E-state index contributed by atoms with van der Waals surface area (Å²) in [4.78, 5) is 11.3. The van der Waals surface area contributed by atoms with E-state index < -0.39 is 0 Å². The minimum absolute atomic E-state index is 0.213. The molecule has 0 spiro atoms. The van der Waals surface area contributed by atoms with Gasteiger partial charge in [-0.2, -0.15) is 9.61 Å². The van der Waals surface area contributed by atoms with Crippen LogP contribution < -0.4 is 11.0 Å². The number of nitrogens with one attached hydrogen (secondary N) is 2. The van der Waals surface area contributed by atoms with Crippen LogP contribution in [0.15, 0.2) is 16.9 Å². The molecule has 6 nitrogen and oxygen atoms in total. The zero-order chi connectivity index (χ0) is 11.5. The molecule has 0 amide bonds. The number of rotatable bonds is 4. The van der Waals surface area contributed by atoms with Crippen LogP contribution in [0.25, 0.3) is 5.65 Å². The number of aromatic amines is 1. The maximum Gasteiger partial charge on any atom is 0.364 e. The van der Waals surface area contributed by atoms with E-state index in [4.69, 9.17) is 11.6 Å². The van der Waals surface area contributed by atoms with Crippen molar-refractivity contribution in [2.45, 2.75) is 19.4 Å². The summed E-state index contributed by atoms with van der Waals surface area (Å²) in [6.45, 7) is 2.01. The molecule has 0 bridgehead atoms. The molecule has 86 valence electrons. The lowest BCUT2D eigenvalue weighted by molar-refractivity contribution is 0.753. The van der Waals surface area contributed by atoms with Gasteiger partial charge < -0.3 is 5.32 Å². The molecule has 0 aliphatic heterocycles. The number of halogens is 1. The van der Waals surface area contributed by atoms with Crippen LogP contribution >= 0.6 is 11.6 Å². The van der Waals surface area contributed by atoms with E-state index in [1.54, 1.807) is 12.1 Å². The van der Waals surface area contributed by atoms with Crippen molar-refractivity contribution in [1.29, 1.82) is 0 Å². The number of alkyl halides is 1. The topological polar surface area (TPSA) is 75.1 Å². The third-order valence-corrected chi connectivity index (χ3v) is 2.43. The van der Waals surface area contributed by atoms with Crippen molar-refractivity contribution in [1.82, 2.24) is 19.8 Å². The highest BCUT2D eigenvalue weighted by Gasteiger charge is 2.05. The quantitative estimate of drug-likeness (QED) is 0.778. The zero-order valence-electron chi connectivity index (χ0n) is 8.77. The number of anilines is 1. The van der Waals surface area contributed by atoms with Crippen LogP contribution in [0.5, 0.6) is 0 Å². The minimum Gasteiger partial charge on any atom is -0.366 e. The minimum atomic E-state index is -0.344. The van der Waals surface area contributed by atoms with Crippen LogP contribution in [-0.4, -0.2) is 31.7 Å². The Morgan fingerprint density at radius 3 is 3.19 bits per heavy atom. The van der Waals surface area contributed by atoms with Gasteiger partial charge in [-0.15, -0.1) is 16.7 Å². The second-order valence-electron chi connectivity index (χ2n) is 3.54. The van der Waals surface area contributed by atoms with Gasteiger partial charge in [0, 0.05) is 11.9 Å². The van der Waals surface area contributed by atoms with E-state index in [0.29, 0.717) is 17.3 Å². The van der Waals surface area contributed by atoms with Gasteiger partial charge >= 0.3 is 5.69 Å². The SMILES string of the molecule is CC(CCCl)Nc1ccc2n[nH]c(=O)n2n1. The first kappa shape index (κ1) is 10.9. The fourth-order valence-electron chi connectivity index (χ4n) is 1.37. The largest absolute Gasteiger partial charge is 0.366 e. The van der Waals surface area contributed by atoms with Crippen molar-refractivity contribution in [3.8, 4) is 0 Å². The fraction of sp³-hybridized carbons (Fsp3) is 0.444. The Bertz CT molecular complexity index is 534. The number of H-pyrrole nitrogens is 1. The van der Waals surface area contributed by atoms with Crippen molar-refractivity contribution in [3.63, 3.8) is 0 Å². The second kappa shape index (κ2) is 4.52. The first-order chi connectivity index (χ1) is 7.70. The molecule has 0 saturated heterocycles. The van der Waals surface area contributed by atoms with Crippen molar-refractivity contribution in [2.24, 2.45) is 0 Å². The van der Waals surface area contributed by atoms with Gasteiger partial charge in [0.25, 0.3) is 0 Å². The predicted molar refractivity (Wildman–Crippen MR) is 62.0 cm³/mol. The van der Waals surface area contributed by atoms with Crippen LogP contribution in [-0.2, 0) is 0 Å². The Morgan fingerprint density at radius 1 is 1.62 bits per heavy atom. The Kier molecular flexibility index (Phi) is 3.09. The molecule has 2 aromatic heterocycles. The van der Waals surface area contributed by atoms with Crippen LogP contribution in [0, 0.1) is 0 Å². The summed E-state index contributed by atoms with van der Waals surface area (Å²) < 4.78 is 1.22. The Morgan fingerprint density at radius 2 is 2.44 bits per heavy atom. The van der Waals surface area contributed by atoms with Crippen molar-refractivity contribution in [3.05, 3.63) is 22.6 Å². The first-order valence-corrected chi connectivity index (χ1v) is 5.51. The van der Waals surface area contributed by atoms with Crippen LogP contribution in [0.3, 0.4) is 0 Å². The average Bonchev–Trinajstić information content (AvgIpc) is 2.61.